The van der Waals surface area contributed by atoms with Crippen molar-refractivity contribution in [3.8, 4) is 17.1 Å². The molecule has 0 saturated heterocycles. The largest absolute Gasteiger partial charge is 0.442 e. The van der Waals surface area contributed by atoms with Crippen LogP contribution in [0.15, 0.2) is 70.8 Å². The molecule has 3 saturated carbocycles. The van der Waals surface area contributed by atoms with Crippen molar-refractivity contribution in [3.63, 3.8) is 0 Å². The summed E-state index contributed by atoms with van der Waals surface area (Å²) in [5.74, 6) is 1.23. The molecule has 31 heavy (non-hydrogen) atoms. The van der Waals surface area contributed by atoms with Crippen molar-refractivity contribution in [1.29, 1.82) is 0 Å². The first-order valence-electron chi connectivity index (χ1n) is 10.6. The summed E-state index contributed by atoms with van der Waals surface area (Å²) in [7, 11) is 0. The van der Waals surface area contributed by atoms with Crippen LogP contribution in [-0.2, 0) is 12.0 Å². The number of aliphatic imine (C=N–C) groups is 1. The first-order valence-corrected chi connectivity index (χ1v) is 10.6. The van der Waals surface area contributed by atoms with Gasteiger partial charge in [0.1, 0.15) is 17.8 Å². The van der Waals surface area contributed by atoms with Crippen molar-refractivity contribution in [3.05, 3.63) is 89.6 Å². The fourth-order valence-electron chi connectivity index (χ4n) is 5.49. The van der Waals surface area contributed by atoms with E-state index in [1.807, 2.05) is 12.1 Å². The first kappa shape index (κ1) is 17.2. The number of aromatic nitrogens is 3. The van der Waals surface area contributed by atoms with E-state index in [-0.39, 0.29) is 5.82 Å². The zero-order valence-electron chi connectivity index (χ0n) is 16.8. The number of benzene rings is 2. The lowest BCUT2D eigenvalue weighted by atomic mass is 9.42. The molecule has 6 heteroatoms. The predicted octanol–water partition coefficient (Wildman–Crippen LogP) is 5.07. The van der Waals surface area contributed by atoms with Gasteiger partial charge in [0.25, 0.3) is 0 Å². The second kappa shape index (κ2) is 6.00. The molecule has 3 aliphatic carbocycles. The summed E-state index contributed by atoms with van der Waals surface area (Å²) >= 11 is 0. The van der Waals surface area contributed by atoms with Gasteiger partial charge in [-0.05, 0) is 60.4 Å². The van der Waals surface area contributed by atoms with E-state index in [1.54, 1.807) is 18.6 Å². The summed E-state index contributed by atoms with van der Waals surface area (Å²) in [6.07, 6.45) is 8.66. The smallest absolute Gasteiger partial charge is 0.181 e. The quantitative estimate of drug-likeness (QED) is 0.474. The number of halogens is 1. The highest BCUT2D eigenvalue weighted by molar-refractivity contribution is 6.15. The molecular formula is C25H19FN4O. The van der Waals surface area contributed by atoms with Crippen molar-refractivity contribution in [2.24, 2.45) is 10.9 Å². The third-order valence-electron chi connectivity index (χ3n) is 7.21. The molecule has 0 amide bonds. The Hall–Kier alpha value is -3.54. The number of imidazole rings is 1. The Labute approximate surface area is 178 Å². The van der Waals surface area contributed by atoms with Crippen LogP contribution in [0, 0.1) is 11.7 Å². The van der Waals surface area contributed by atoms with Crippen LogP contribution in [0.2, 0.25) is 0 Å². The lowest BCUT2D eigenvalue weighted by Gasteiger charge is -2.62. The molecule has 2 aromatic carbocycles. The molecule has 2 aromatic heterocycles. The van der Waals surface area contributed by atoms with Gasteiger partial charge in [0.2, 0.25) is 0 Å². The Balaban J connectivity index is 1.46. The van der Waals surface area contributed by atoms with Gasteiger partial charge in [-0.15, -0.1) is 0 Å². The van der Waals surface area contributed by atoms with Gasteiger partial charge >= 0.3 is 0 Å². The van der Waals surface area contributed by atoms with Crippen molar-refractivity contribution in [1.82, 2.24) is 14.5 Å². The molecule has 0 atom stereocenters. The summed E-state index contributed by atoms with van der Waals surface area (Å²) in [6.45, 7) is 0.372. The number of oxazole rings is 1. The molecule has 2 bridgehead atoms. The summed E-state index contributed by atoms with van der Waals surface area (Å²) in [4.78, 5) is 13.5. The second-order valence-corrected chi connectivity index (χ2v) is 8.91. The number of rotatable bonds is 3. The number of fused-ring (bicyclic) bond motifs is 3. The highest BCUT2D eigenvalue weighted by atomic mass is 19.1. The van der Waals surface area contributed by atoms with Gasteiger partial charge in [-0.2, -0.15) is 0 Å². The van der Waals surface area contributed by atoms with Crippen LogP contribution in [-0.4, -0.2) is 20.2 Å². The van der Waals surface area contributed by atoms with Crippen LogP contribution < -0.4 is 0 Å². The molecule has 3 fully saturated rings. The van der Waals surface area contributed by atoms with Crippen LogP contribution in [0.1, 0.15) is 41.6 Å². The average molecular weight is 410 g/mol. The zero-order chi connectivity index (χ0) is 20.6. The maximum Gasteiger partial charge on any atom is 0.181 e. The fraction of sp³-hybridized carbons (Fsp3) is 0.240. The van der Waals surface area contributed by atoms with Gasteiger partial charge in [-0.1, -0.05) is 18.2 Å². The van der Waals surface area contributed by atoms with Crippen LogP contribution >= 0.6 is 0 Å². The van der Waals surface area contributed by atoms with Gasteiger partial charge in [-0.25, -0.2) is 14.4 Å². The molecule has 0 radical (unpaired) electrons. The standard InChI is InChI=1S/C25H19FN4O/c26-19-4-2-1-3-17(19)23-18-7-16(25-8-15(9-25)10-25)5-6-20(18)30-13-29-24(21(30)11-28-23)22-12-27-14-31-22/h1-7,12-15H,8-11H2. The van der Waals surface area contributed by atoms with Gasteiger partial charge in [0.15, 0.2) is 12.2 Å². The highest BCUT2D eigenvalue weighted by Gasteiger charge is 2.57. The third-order valence-corrected chi connectivity index (χ3v) is 7.21. The SMILES string of the molecule is Fc1ccccc1C1=NCc2c(-c3cnco3)ncn2-c2ccc(C34CC(C3)C4)cc21. The molecule has 0 N–H and O–H groups in total. The van der Waals surface area contributed by atoms with Crippen LogP contribution in [0.5, 0.6) is 0 Å². The van der Waals surface area contributed by atoms with Crippen molar-refractivity contribution < 1.29 is 8.81 Å². The summed E-state index contributed by atoms with van der Waals surface area (Å²) in [6, 6.07) is 13.5. The molecule has 152 valence electrons. The minimum Gasteiger partial charge on any atom is -0.442 e. The van der Waals surface area contributed by atoms with E-state index >= 15 is 0 Å². The molecule has 4 aromatic rings. The minimum atomic E-state index is -0.261. The fourth-order valence-corrected chi connectivity index (χ4v) is 5.49. The summed E-state index contributed by atoms with van der Waals surface area (Å²) in [5, 5.41) is 0. The average Bonchev–Trinajstić information content (AvgIpc) is 3.34. The maximum absolute atomic E-state index is 14.9. The Bertz CT molecular complexity index is 1350. The Morgan fingerprint density at radius 1 is 1.06 bits per heavy atom. The minimum absolute atomic E-state index is 0.261. The molecule has 5 nitrogen and oxygen atoms in total. The van der Waals surface area contributed by atoms with Gasteiger partial charge in [0, 0.05) is 11.1 Å². The van der Waals surface area contributed by atoms with E-state index < -0.39 is 0 Å². The third kappa shape index (κ3) is 2.33. The van der Waals surface area contributed by atoms with E-state index in [9.17, 15) is 4.39 Å². The number of nitrogens with zero attached hydrogens (tertiary/aromatic N) is 4. The Morgan fingerprint density at radius 3 is 2.68 bits per heavy atom. The molecule has 8 rings (SSSR count). The van der Waals surface area contributed by atoms with Gasteiger partial charge in [0.05, 0.1) is 29.8 Å². The normalized spacial score (nSPS) is 23.1. The van der Waals surface area contributed by atoms with Crippen LogP contribution in [0.4, 0.5) is 4.39 Å². The Morgan fingerprint density at radius 2 is 1.94 bits per heavy atom. The molecule has 3 heterocycles. The van der Waals surface area contributed by atoms with E-state index in [1.165, 1.54) is 37.3 Å². The van der Waals surface area contributed by atoms with Crippen LogP contribution in [0.3, 0.4) is 0 Å². The van der Waals surface area contributed by atoms with Crippen LogP contribution in [0.25, 0.3) is 17.1 Å². The van der Waals surface area contributed by atoms with Crippen molar-refractivity contribution in [2.45, 2.75) is 31.2 Å². The summed E-state index contributed by atoms with van der Waals surface area (Å²) < 4.78 is 22.4. The highest BCUT2D eigenvalue weighted by Crippen LogP contribution is 2.65. The Kier molecular flexibility index (Phi) is 3.32. The lowest BCUT2D eigenvalue weighted by Crippen LogP contribution is -2.55. The van der Waals surface area contributed by atoms with Crippen molar-refractivity contribution in [2.75, 3.05) is 0 Å². The monoisotopic (exact) mass is 410 g/mol. The van der Waals surface area contributed by atoms with Crippen molar-refractivity contribution >= 4 is 5.71 Å². The number of hydrogen-bond acceptors (Lipinski definition) is 4. The predicted molar refractivity (Wildman–Crippen MR) is 114 cm³/mol. The lowest BCUT2D eigenvalue weighted by molar-refractivity contribution is -0.0274. The topological polar surface area (TPSA) is 56.2 Å². The molecule has 1 aliphatic heterocycles. The molecule has 4 aliphatic rings. The maximum atomic E-state index is 14.9. The van der Waals surface area contributed by atoms with Gasteiger partial charge < -0.3 is 4.42 Å². The molecule has 0 spiro atoms. The van der Waals surface area contributed by atoms with E-state index in [2.05, 4.69) is 32.7 Å². The second-order valence-electron chi connectivity index (χ2n) is 8.91. The summed E-state index contributed by atoms with van der Waals surface area (Å²) in [5.41, 5.74) is 6.41. The zero-order valence-corrected chi connectivity index (χ0v) is 16.8. The molecule has 0 unspecified atom stereocenters. The number of hydrogen-bond donors (Lipinski definition) is 0. The first-order chi connectivity index (χ1) is 15.2. The van der Waals surface area contributed by atoms with E-state index in [0.717, 1.165) is 22.9 Å². The van der Waals surface area contributed by atoms with Gasteiger partial charge in [-0.3, -0.25) is 9.56 Å². The molecular weight excluding hydrogens is 391 g/mol. The van der Waals surface area contributed by atoms with E-state index in [0.29, 0.717) is 34.7 Å². The van der Waals surface area contributed by atoms with E-state index in [4.69, 9.17) is 9.41 Å².